The molecule has 0 aliphatic heterocycles. The Labute approximate surface area is 340 Å². The van der Waals surface area contributed by atoms with Crippen LogP contribution in [-0.2, 0) is 5.41 Å². The van der Waals surface area contributed by atoms with Gasteiger partial charge in [0.15, 0.2) is 17.5 Å². The van der Waals surface area contributed by atoms with Gasteiger partial charge in [-0.1, -0.05) is 166 Å². The van der Waals surface area contributed by atoms with E-state index in [9.17, 15) is 0 Å². The Morgan fingerprint density at radius 3 is 1.86 bits per heavy atom. The highest BCUT2D eigenvalue weighted by Crippen LogP contribution is 2.53. The van der Waals surface area contributed by atoms with Gasteiger partial charge in [0.25, 0.3) is 0 Å². The van der Waals surface area contributed by atoms with Gasteiger partial charge in [-0.2, -0.15) is 0 Å². The third kappa shape index (κ3) is 5.08. The molecule has 3 heterocycles. The molecule has 0 radical (unpaired) electrons. The second kappa shape index (κ2) is 12.7. The third-order valence-corrected chi connectivity index (χ3v) is 12.3. The molecule has 8 aromatic carbocycles. The number of hydrogen-bond donors (Lipinski definition) is 0. The zero-order valence-corrected chi connectivity index (χ0v) is 32.5. The highest BCUT2D eigenvalue weighted by molar-refractivity contribution is 6.16. The number of nitrogens with zero attached hydrogens (tertiary/aromatic N) is 4. The van der Waals surface area contributed by atoms with E-state index in [1.54, 1.807) is 0 Å². The van der Waals surface area contributed by atoms with E-state index in [0.717, 1.165) is 61.0 Å². The molecule has 0 unspecified atom stereocenters. The summed E-state index contributed by atoms with van der Waals surface area (Å²) < 4.78 is 9.08. The van der Waals surface area contributed by atoms with E-state index in [1.165, 1.54) is 38.5 Å². The SMILES string of the molecule is CC1(C)c2ccccc2-c2c1ccc1c3ccccc3n(-c3cccc(-c4nc(-c5ccccc5)nc(-c5ccc6c(c5)oc5c(-c7ccccc7)cccc56)n4)c3)c21. The van der Waals surface area contributed by atoms with Crippen molar-refractivity contribution in [2.75, 3.05) is 0 Å². The smallest absolute Gasteiger partial charge is 0.164 e. The van der Waals surface area contributed by atoms with Crippen LogP contribution in [0.3, 0.4) is 0 Å². The first-order valence-electron chi connectivity index (χ1n) is 20.1. The van der Waals surface area contributed by atoms with Crippen molar-refractivity contribution in [3.8, 4) is 62.1 Å². The summed E-state index contributed by atoms with van der Waals surface area (Å²) in [6, 6.07) is 64.0. The summed E-state index contributed by atoms with van der Waals surface area (Å²) in [4.78, 5) is 15.4. The lowest BCUT2D eigenvalue weighted by Crippen LogP contribution is -2.14. The van der Waals surface area contributed by atoms with Crippen LogP contribution >= 0.6 is 0 Å². The Morgan fingerprint density at radius 1 is 0.441 bits per heavy atom. The topological polar surface area (TPSA) is 56.7 Å². The molecule has 0 fully saturated rings. The first-order valence-corrected chi connectivity index (χ1v) is 20.1. The molecule has 0 atom stereocenters. The van der Waals surface area contributed by atoms with Gasteiger partial charge >= 0.3 is 0 Å². The van der Waals surface area contributed by atoms with Gasteiger partial charge in [-0.3, -0.25) is 0 Å². The van der Waals surface area contributed by atoms with E-state index in [0.29, 0.717) is 17.5 Å². The molecule has 0 N–H and O–H groups in total. The van der Waals surface area contributed by atoms with Gasteiger partial charge in [-0.25, -0.2) is 15.0 Å². The number of furan rings is 1. The van der Waals surface area contributed by atoms with Crippen molar-refractivity contribution in [1.29, 1.82) is 0 Å². The molecule has 278 valence electrons. The highest BCUT2D eigenvalue weighted by atomic mass is 16.3. The van der Waals surface area contributed by atoms with Gasteiger partial charge in [0.2, 0.25) is 0 Å². The number of hydrogen-bond acceptors (Lipinski definition) is 4. The monoisotopic (exact) mass is 756 g/mol. The van der Waals surface area contributed by atoms with Crippen LogP contribution in [0.25, 0.3) is 106 Å². The lowest BCUT2D eigenvalue weighted by molar-refractivity contribution is 0.661. The van der Waals surface area contributed by atoms with E-state index in [4.69, 9.17) is 19.4 Å². The van der Waals surface area contributed by atoms with E-state index in [1.807, 2.05) is 36.4 Å². The lowest BCUT2D eigenvalue weighted by Gasteiger charge is -2.21. The maximum atomic E-state index is 6.65. The number of aromatic nitrogens is 4. The van der Waals surface area contributed by atoms with Crippen LogP contribution in [0.2, 0.25) is 0 Å². The average Bonchev–Trinajstić information content (AvgIpc) is 3.92. The Balaban J connectivity index is 1.05. The molecule has 11 aromatic rings. The Bertz CT molecular complexity index is 3470. The van der Waals surface area contributed by atoms with Gasteiger partial charge in [0.1, 0.15) is 11.2 Å². The van der Waals surface area contributed by atoms with Crippen LogP contribution in [0.1, 0.15) is 25.0 Å². The van der Waals surface area contributed by atoms with Gasteiger partial charge in [-0.15, -0.1) is 0 Å². The quantitative estimate of drug-likeness (QED) is 0.175. The molecule has 59 heavy (non-hydrogen) atoms. The Hall–Kier alpha value is -7.63. The molecule has 3 aromatic heterocycles. The Morgan fingerprint density at radius 2 is 1.05 bits per heavy atom. The molecule has 0 spiro atoms. The molecule has 1 aliphatic carbocycles. The maximum absolute atomic E-state index is 6.65. The normalized spacial score (nSPS) is 13.1. The van der Waals surface area contributed by atoms with Crippen LogP contribution in [0, 0.1) is 0 Å². The van der Waals surface area contributed by atoms with Crippen LogP contribution in [-0.4, -0.2) is 19.5 Å². The number of rotatable bonds is 5. The fourth-order valence-corrected chi connectivity index (χ4v) is 9.43. The average molecular weight is 757 g/mol. The van der Waals surface area contributed by atoms with Crippen molar-refractivity contribution in [2.24, 2.45) is 0 Å². The van der Waals surface area contributed by atoms with Gasteiger partial charge < -0.3 is 8.98 Å². The highest BCUT2D eigenvalue weighted by Gasteiger charge is 2.37. The van der Waals surface area contributed by atoms with Crippen molar-refractivity contribution in [1.82, 2.24) is 19.5 Å². The van der Waals surface area contributed by atoms with E-state index >= 15 is 0 Å². The third-order valence-electron chi connectivity index (χ3n) is 12.3. The van der Waals surface area contributed by atoms with Crippen molar-refractivity contribution >= 4 is 43.7 Å². The minimum absolute atomic E-state index is 0.117. The summed E-state index contributed by atoms with van der Waals surface area (Å²) in [5.74, 6) is 1.79. The van der Waals surface area contributed by atoms with Crippen molar-refractivity contribution in [3.05, 3.63) is 193 Å². The Kier molecular flexibility index (Phi) is 7.20. The summed E-state index contributed by atoms with van der Waals surface area (Å²) in [6.07, 6.45) is 0. The molecule has 1 aliphatic rings. The lowest BCUT2D eigenvalue weighted by atomic mass is 9.82. The minimum Gasteiger partial charge on any atom is -0.455 e. The number of para-hydroxylation sites is 2. The van der Waals surface area contributed by atoms with Crippen LogP contribution in [0.4, 0.5) is 0 Å². The standard InChI is InChI=1S/C54H36N4O/c1-54(2)44-25-11-9-22-43(44)48-45(54)30-29-41-39-21-10-12-26-46(39)58(49(41)48)37-20-13-19-35(31-37)52-55-51(34-17-7-4-8-18-34)56-53(57-52)36-27-28-40-42-24-14-23-38(33-15-5-3-6-16-33)50(42)59-47(40)32-36/h3-32H,1-2H3. The molecule has 12 rings (SSSR count). The van der Waals surface area contributed by atoms with E-state index in [-0.39, 0.29) is 5.41 Å². The predicted octanol–water partition coefficient (Wildman–Crippen LogP) is 13.8. The second-order valence-electron chi connectivity index (χ2n) is 16.0. The first kappa shape index (κ1) is 33.5. The van der Waals surface area contributed by atoms with Crippen LogP contribution in [0.15, 0.2) is 186 Å². The summed E-state index contributed by atoms with van der Waals surface area (Å²) in [7, 11) is 0. The summed E-state index contributed by atoms with van der Waals surface area (Å²) in [5, 5.41) is 4.59. The molecule has 5 heteroatoms. The molecule has 5 nitrogen and oxygen atoms in total. The van der Waals surface area contributed by atoms with Gasteiger partial charge in [0.05, 0.1) is 11.0 Å². The van der Waals surface area contributed by atoms with E-state index < -0.39 is 0 Å². The van der Waals surface area contributed by atoms with Crippen LogP contribution in [0.5, 0.6) is 0 Å². The zero-order chi connectivity index (χ0) is 39.2. The molecule has 0 saturated heterocycles. The summed E-state index contributed by atoms with van der Waals surface area (Å²) in [5.41, 5.74) is 15.1. The van der Waals surface area contributed by atoms with E-state index in [2.05, 4.69) is 164 Å². The zero-order valence-electron chi connectivity index (χ0n) is 32.5. The van der Waals surface area contributed by atoms with Gasteiger partial charge in [-0.05, 0) is 52.6 Å². The minimum atomic E-state index is -0.117. The summed E-state index contributed by atoms with van der Waals surface area (Å²) >= 11 is 0. The maximum Gasteiger partial charge on any atom is 0.164 e. The van der Waals surface area contributed by atoms with Crippen LogP contribution < -0.4 is 0 Å². The fraction of sp³-hybridized carbons (Fsp3) is 0.0556. The van der Waals surface area contributed by atoms with Crippen molar-refractivity contribution in [2.45, 2.75) is 19.3 Å². The van der Waals surface area contributed by atoms with Crippen molar-refractivity contribution in [3.63, 3.8) is 0 Å². The summed E-state index contributed by atoms with van der Waals surface area (Å²) in [6.45, 7) is 4.68. The largest absolute Gasteiger partial charge is 0.455 e. The predicted molar refractivity (Wildman–Crippen MR) is 241 cm³/mol. The fourth-order valence-electron chi connectivity index (χ4n) is 9.43. The number of fused-ring (bicyclic) bond motifs is 10. The molecule has 0 amide bonds. The molecular weight excluding hydrogens is 721 g/mol. The van der Waals surface area contributed by atoms with Gasteiger partial charge in [0, 0.05) is 60.5 Å². The van der Waals surface area contributed by atoms with Crippen molar-refractivity contribution < 1.29 is 4.42 Å². The molecule has 0 bridgehead atoms. The molecular formula is C54H36N4O. The molecule has 0 saturated carbocycles. The second-order valence-corrected chi connectivity index (χ2v) is 16.0. The number of benzene rings is 8. The first-order chi connectivity index (χ1) is 29.0.